The molecule has 0 saturated heterocycles. The van der Waals surface area contributed by atoms with E-state index in [2.05, 4.69) is 45.5 Å². The Labute approximate surface area is 79.2 Å². The third-order valence-electron chi connectivity index (χ3n) is 1.74. The summed E-state index contributed by atoms with van der Waals surface area (Å²) in [5.41, 5.74) is 1.06. The van der Waals surface area contributed by atoms with Crippen molar-refractivity contribution in [2.24, 2.45) is 0 Å². The van der Waals surface area contributed by atoms with E-state index < -0.39 is 0 Å². The molecule has 1 aromatic heterocycles. The average Bonchev–Trinajstić information content (AvgIpc) is 2.36. The molecular formula is C7H11BrN2S. The smallest absolute Gasteiger partial charge is 0.159 e. The van der Waals surface area contributed by atoms with Crippen molar-refractivity contribution in [3.8, 4) is 0 Å². The third-order valence-corrected chi connectivity index (χ3v) is 3.11. The Morgan fingerprint density at radius 1 is 1.64 bits per heavy atom. The Bertz CT molecular complexity index is 244. The zero-order chi connectivity index (χ0) is 8.48. The first-order valence-electron chi connectivity index (χ1n) is 3.36. The highest BCUT2D eigenvalue weighted by Gasteiger charge is 2.20. The predicted octanol–water partition coefficient (Wildman–Crippen LogP) is 2.36. The number of rotatable bonds is 2. The fraction of sp³-hybridized carbons (Fsp3) is 0.571. The van der Waals surface area contributed by atoms with Gasteiger partial charge in [-0.05, 0) is 36.8 Å². The van der Waals surface area contributed by atoms with Gasteiger partial charge in [0.25, 0.3) is 0 Å². The second-order valence-electron chi connectivity index (χ2n) is 2.86. The molecule has 0 radical (unpaired) electrons. The third kappa shape index (κ3) is 2.01. The van der Waals surface area contributed by atoms with Gasteiger partial charge in [0.1, 0.15) is 0 Å². The van der Waals surface area contributed by atoms with Crippen LogP contribution in [0.1, 0.15) is 19.5 Å². The molecule has 1 N–H and O–H groups in total. The number of halogens is 1. The van der Waals surface area contributed by atoms with Gasteiger partial charge in [-0.2, -0.15) is 0 Å². The van der Waals surface area contributed by atoms with Crippen molar-refractivity contribution in [3.63, 3.8) is 0 Å². The summed E-state index contributed by atoms with van der Waals surface area (Å²) >= 11 is 4.95. The molecule has 62 valence electrons. The minimum atomic E-state index is -0.0253. The lowest BCUT2D eigenvalue weighted by atomic mass is 10.0. The Hall–Kier alpha value is 0.0700. The maximum absolute atomic E-state index is 4.33. The summed E-state index contributed by atoms with van der Waals surface area (Å²) in [6.07, 6.45) is 0. The molecule has 1 rings (SSSR count). The number of hydrogen-bond acceptors (Lipinski definition) is 3. The van der Waals surface area contributed by atoms with Crippen LogP contribution in [0.25, 0.3) is 0 Å². The van der Waals surface area contributed by atoms with Gasteiger partial charge in [0, 0.05) is 5.38 Å². The van der Waals surface area contributed by atoms with E-state index >= 15 is 0 Å². The van der Waals surface area contributed by atoms with Crippen molar-refractivity contribution < 1.29 is 0 Å². The maximum atomic E-state index is 4.33. The lowest BCUT2D eigenvalue weighted by Crippen LogP contribution is -2.33. The molecule has 1 heterocycles. The molecule has 0 fully saturated rings. The number of thiazole rings is 1. The first-order valence-corrected chi connectivity index (χ1v) is 5.04. The topological polar surface area (TPSA) is 24.9 Å². The largest absolute Gasteiger partial charge is 0.310 e. The molecule has 0 spiro atoms. The van der Waals surface area contributed by atoms with Crippen molar-refractivity contribution in [1.29, 1.82) is 0 Å². The SMILES string of the molecule is CNC(C)(C)c1csc(Br)n1. The Kier molecular flexibility index (Phi) is 2.67. The molecule has 0 amide bonds. The summed E-state index contributed by atoms with van der Waals surface area (Å²) in [4.78, 5) is 4.33. The standard InChI is InChI=1S/C7H11BrN2S/c1-7(2,9-3)5-4-11-6(8)10-5/h4,9H,1-3H3. The highest BCUT2D eigenvalue weighted by Crippen LogP contribution is 2.24. The molecule has 2 nitrogen and oxygen atoms in total. The number of nitrogens with zero attached hydrogens (tertiary/aromatic N) is 1. The quantitative estimate of drug-likeness (QED) is 0.851. The minimum Gasteiger partial charge on any atom is -0.310 e. The van der Waals surface area contributed by atoms with Crippen LogP contribution < -0.4 is 5.32 Å². The van der Waals surface area contributed by atoms with Crippen molar-refractivity contribution in [2.45, 2.75) is 19.4 Å². The zero-order valence-corrected chi connectivity index (χ0v) is 9.21. The number of hydrogen-bond donors (Lipinski definition) is 1. The normalized spacial score (nSPS) is 12.0. The number of aromatic nitrogens is 1. The van der Waals surface area contributed by atoms with Gasteiger partial charge in [0.2, 0.25) is 0 Å². The molecule has 1 aromatic rings. The van der Waals surface area contributed by atoms with Gasteiger partial charge < -0.3 is 5.32 Å². The van der Waals surface area contributed by atoms with E-state index in [1.54, 1.807) is 11.3 Å². The molecule has 0 saturated carbocycles. The average molecular weight is 235 g/mol. The van der Waals surface area contributed by atoms with E-state index in [1.807, 2.05) is 7.05 Å². The van der Waals surface area contributed by atoms with Gasteiger partial charge in [-0.15, -0.1) is 11.3 Å². The molecular weight excluding hydrogens is 224 g/mol. The summed E-state index contributed by atoms with van der Waals surface area (Å²) < 4.78 is 0.941. The van der Waals surface area contributed by atoms with E-state index in [0.29, 0.717) is 0 Å². The van der Waals surface area contributed by atoms with Crippen molar-refractivity contribution in [2.75, 3.05) is 7.05 Å². The van der Waals surface area contributed by atoms with Crippen LogP contribution in [-0.4, -0.2) is 12.0 Å². The summed E-state index contributed by atoms with van der Waals surface area (Å²) in [6.45, 7) is 4.21. The lowest BCUT2D eigenvalue weighted by molar-refractivity contribution is 0.433. The van der Waals surface area contributed by atoms with Crippen LogP contribution in [0, 0.1) is 0 Å². The van der Waals surface area contributed by atoms with Gasteiger partial charge in [0.05, 0.1) is 11.2 Å². The fourth-order valence-electron chi connectivity index (χ4n) is 0.667. The summed E-state index contributed by atoms with van der Waals surface area (Å²) in [5.74, 6) is 0. The van der Waals surface area contributed by atoms with Gasteiger partial charge in [-0.1, -0.05) is 0 Å². The van der Waals surface area contributed by atoms with Crippen LogP contribution >= 0.6 is 27.3 Å². The summed E-state index contributed by atoms with van der Waals surface area (Å²) in [7, 11) is 1.94. The molecule has 11 heavy (non-hydrogen) atoms. The summed E-state index contributed by atoms with van der Waals surface area (Å²) in [5, 5.41) is 5.25. The monoisotopic (exact) mass is 234 g/mol. The second kappa shape index (κ2) is 3.21. The Morgan fingerprint density at radius 3 is 2.64 bits per heavy atom. The van der Waals surface area contributed by atoms with Crippen LogP contribution in [-0.2, 0) is 5.54 Å². The van der Waals surface area contributed by atoms with E-state index in [0.717, 1.165) is 9.61 Å². The van der Waals surface area contributed by atoms with Gasteiger partial charge in [0.15, 0.2) is 3.92 Å². The Morgan fingerprint density at radius 2 is 2.27 bits per heavy atom. The highest BCUT2D eigenvalue weighted by atomic mass is 79.9. The molecule has 4 heteroatoms. The van der Waals surface area contributed by atoms with Crippen LogP contribution in [0.15, 0.2) is 9.30 Å². The molecule has 0 aliphatic carbocycles. The van der Waals surface area contributed by atoms with Crippen LogP contribution in [0.5, 0.6) is 0 Å². The van der Waals surface area contributed by atoms with Crippen LogP contribution in [0.3, 0.4) is 0 Å². The molecule has 0 bridgehead atoms. The van der Waals surface area contributed by atoms with Crippen LogP contribution in [0.4, 0.5) is 0 Å². The molecule has 0 aromatic carbocycles. The van der Waals surface area contributed by atoms with Gasteiger partial charge in [-0.25, -0.2) is 4.98 Å². The molecule has 0 aliphatic rings. The van der Waals surface area contributed by atoms with E-state index in [-0.39, 0.29) is 5.54 Å². The highest BCUT2D eigenvalue weighted by molar-refractivity contribution is 9.11. The first-order chi connectivity index (χ1) is 5.06. The van der Waals surface area contributed by atoms with Crippen LogP contribution in [0.2, 0.25) is 0 Å². The maximum Gasteiger partial charge on any atom is 0.159 e. The van der Waals surface area contributed by atoms with Crippen molar-refractivity contribution >= 4 is 27.3 Å². The molecule has 0 atom stereocenters. The Balaban J connectivity index is 2.92. The first kappa shape index (κ1) is 9.16. The van der Waals surface area contributed by atoms with Gasteiger partial charge in [-0.3, -0.25) is 0 Å². The predicted molar refractivity (Wildman–Crippen MR) is 51.9 cm³/mol. The van der Waals surface area contributed by atoms with E-state index in [1.165, 1.54) is 0 Å². The molecule has 0 aliphatic heterocycles. The summed E-state index contributed by atoms with van der Waals surface area (Å²) in [6, 6.07) is 0. The van der Waals surface area contributed by atoms with Crippen molar-refractivity contribution in [3.05, 3.63) is 15.0 Å². The van der Waals surface area contributed by atoms with Crippen molar-refractivity contribution in [1.82, 2.24) is 10.3 Å². The van der Waals surface area contributed by atoms with E-state index in [9.17, 15) is 0 Å². The second-order valence-corrected chi connectivity index (χ2v) is 4.99. The zero-order valence-electron chi connectivity index (χ0n) is 6.81. The lowest BCUT2D eigenvalue weighted by Gasteiger charge is -2.20. The minimum absolute atomic E-state index is 0.0253. The van der Waals surface area contributed by atoms with E-state index in [4.69, 9.17) is 0 Å². The number of nitrogens with one attached hydrogen (secondary N) is 1. The fourth-order valence-corrected chi connectivity index (χ4v) is 1.85. The molecule has 0 unspecified atom stereocenters. The van der Waals surface area contributed by atoms with Gasteiger partial charge >= 0.3 is 0 Å².